The Balaban J connectivity index is 1.71. The van der Waals surface area contributed by atoms with Crippen LogP contribution in [0.25, 0.3) is 11.0 Å². The van der Waals surface area contributed by atoms with Gasteiger partial charge in [0.2, 0.25) is 5.91 Å². The highest BCUT2D eigenvalue weighted by molar-refractivity contribution is 6.10. The van der Waals surface area contributed by atoms with Crippen molar-refractivity contribution in [2.45, 2.75) is 26.4 Å². The van der Waals surface area contributed by atoms with Crippen LogP contribution in [-0.2, 0) is 29.0 Å². The number of amides is 1. The summed E-state index contributed by atoms with van der Waals surface area (Å²) in [7, 11) is 2.91. The predicted molar refractivity (Wildman–Crippen MR) is 136 cm³/mol. The number of nitrogens with zero attached hydrogens (tertiary/aromatic N) is 2. The van der Waals surface area contributed by atoms with E-state index >= 15 is 0 Å². The van der Waals surface area contributed by atoms with Gasteiger partial charge in [-0.1, -0.05) is 24.3 Å². The molecule has 0 aliphatic heterocycles. The third-order valence-electron chi connectivity index (χ3n) is 5.75. The van der Waals surface area contributed by atoms with E-state index in [4.69, 9.17) is 9.47 Å². The van der Waals surface area contributed by atoms with Crippen LogP contribution in [0.5, 0.6) is 5.75 Å². The third kappa shape index (κ3) is 5.46. The molecule has 0 spiro atoms. The monoisotopic (exact) mass is 490 g/mol. The SMILES string of the molecule is COC(=O)c1c(NC(C)=O)c2cc(NCc3cccc(F)c3)cnc2n1CCc1ccc(OC)cc1. The number of aromatic nitrogens is 2. The summed E-state index contributed by atoms with van der Waals surface area (Å²) in [5.41, 5.74) is 3.55. The highest BCUT2D eigenvalue weighted by Crippen LogP contribution is 2.33. The quantitative estimate of drug-likeness (QED) is 0.328. The van der Waals surface area contributed by atoms with Crippen LogP contribution in [0.15, 0.2) is 60.8 Å². The fourth-order valence-corrected chi connectivity index (χ4v) is 4.04. The number of esters is 1. The summed E-state index contributed by atoms with van der Waals surface area (Å²) in [6, 6.07) is 15.8. The van der Waals surface area contributed by atoms with Crippen molar-refractivity contribution in [3.63, 3.8) is 0 Å². The molecule has 4 aromatic rings. The summed E-state index contributed by atoms with van der Waals surface area (Å²) in [5, 5.41) is 6.59. The van der Waals surface area contributed by atoms with E-state index < -0.39 is 5.97 Å². The van der Waals surface area contributed by atoms with Crippen molar-refractivity contribution in [1.29, 1.82) is 0 Å². The van der Waals surface area contributed by atoms with Crippen molar-refractivity contribution < 1.29 is 23.5 Å². The Hall–Kier alpha value is -4.40. The molecule has 0 bridgehead atoms. The van der Waals surface area contributed by atoms with Crippen molar-refractivity contribution in [2.24, 2.45) is 0 Å². The van der Waals surface area contributed by atoms with Gasteiger partial charge in [-0.25, -0.2) is 14.2 Å². The number of rotatable bonds is 9. The van der Waals surface area contributed by atoms with E-state index in [0.29, 0.717) is 41.9 Å². The van der Waals surface area contributed by atoms with Gasteiger partial charge in [-0.3, -0.25) is 4.79 Å². The molecule has 0 saturated heterocycles. The number of pyridine rings is 1. The molecule has 4 rings (SSSR count). The van der Waals surface area contributed by atoms with Crippen LogP contribution >= 0.6 is 0 Å². The van der Waals surface area contributed by atoms with Gasteiger partial charge in [0.25, 0.3) is 0 Å². The Morgan fingerprint density at radius 3 is 2.50 bits per heavy atom. The average molecular weight is 491 g/mol. The van der Waals surface area contributed by atoms with Crippen LogP contribution in [-0.4, -0.2) is 35.6 Å². The Kier molecular flexibility index (Phi) is 7.48. The first-order valence-corrected chi connectivity index (χ1v) is 11.4. The number of benzene rings is 2. The van der Waals surface area contributed by atoms with Crippen molar-refractivity contribution in [1.82, 2.24) is 9.55 Å². The van der Waals surface area contributed by atoms with Crippen LogP contribution in [0, 0.1) is 5.82 Å². The van der Waals surface area contributed by atoms with Crippen LogP contribution < -0.4 is 15.4 Å². The highest BCUT2D eigenvalue weighted by Gasteiger charge is 2.25. The standard InChI is InChI=1S/C27H27FN4O4/c1-17(33)31-24-23-14-21(29-15-19-5-4-6-20(28)13-19)16-30-26(23)32(25(24)27(34)36-3)12-11-18-7-9-22(35-2)10-8-18/h4-10,13-14,16,29H,11-12,15H2,1-3H3,(H,31,33). The molecule has 36 heavy (non-hydrogen) atoms. The van der Waals surface area contributed by atoms with Gasteiger partial charge in [0, 0.05) is 25.4 Å². The van der Waals surface area contributed by atoms with Crippen molar-refractivity contribution in [2.75, 3.05) is 24.9 Å². The number of methoxy groups -OCH3 is 2. The van der Waals surface area contributed by atoms with Gasteiger partial charge in [-0.2, -0.15) is 0 Å². The third-order valence-corrected chi connectivity index (χ3v) is 5.75. The zero-order valence-electron chi connectivity index (χ0n) is 20.3. The minimum absolute atomic E-state index is 0.214. The lowest BCUT2D eigenvalue weighted by molar-refractivity contribution is -0.114. The summed E-state index contributed by atoms with van der Waals surface area (Å²) >= 11 is 0. The Morgan fingerprint density at radius 2 is 1.83 bits per heavy atom. The summed E-state index contributed by atoms with van der Waals surface area (Å²) in [6.45, 7) is 2.18. The number of ether oxygens (including phenoxy) is 2. The lowest BCUT2D eigenvalue weighted by Crippen LogP contribution is -2.16. The molecule has 0 atom stereocenters. The number of anilines is 2. The van der Waals surface area contributed by atoms with Crippen LogP contribution in [0.2, 0.25) is 0 Å². The second kappa shape index (κ2) is 10.9. The zero-order chi connectivity index (χ0) is 25.7. The van der Waals surface area contributed by atoms with Gasteiger partial charge in [0.15, 0.2) is 5.69 Å². The Morgan fingerprint density at radius 1 is 1.06 bits per heavy atom. The molecule has 1 amide bonds. The molecule has 2 aromatic heterocycles. The summed E-state index contributed by atoms with van der Waals surface area (Å²) in [5.74, 6) is -0.464. The molecule has 0 aliphatic carbocycles. The average Bonchev–Trinajstić information content (AvgIpc) is 3.18. The number of carbonyl (C=O) groups excluding carboxylic acids is 2. The molecule has 0 unspecified atom stereocenters. The first-order chi connectivity index (χ1) is 17.4. The molecule has 9 heteroatoms. The van der Waals surface area contributed by atoms with E-state index in [9.17, 15) is 14.0 Å². The fraction of sp³-hybridized carbons (Fsp3) is 0.222. The maximum absolute atomic E-state index is 13.5. The molecular weight excluding hydrogens is 463 g/mol. The zero-order valence-corrected chi connectivity index (χ0v) is 20.3. The minimum Gasteiger partial charge on any atom is -0.497 e. The maximum atomic E-state index is 13.5. The summed E-state index contributed by atoms with van der Waals surface area (Å²) < 4.78 is 25.6. The molecule has 186 valence electrons. The van der Waals surface area contributed by atoms with Crippen molar-refractivity contribution in [3.05, 3.63) is 83.4 Å². The van der Waals surface area contributed by atoms with Gasteiger partial charge < -0.3 is 24.7 Å². The smallest absolute Gasteiger partial charge is 0.356 e. The van der Waals surface area contributed by atoms with Crippen LogP contribution in [0.4, 0.5) is 15.8 Å². The lowest BCUT2D eigenvalue weighted by Gasteiger charge is -2.11. The second-order valence-electron chi connectivity index (χ2n) is 8.22. The molecule has 2 aromatic carbocycles. The van der Waals surface area contributed by atoms with Crippen molar-refractivity contribution >= 4 is 34.3 Å². The van der Waals surface area contributed by atoms with E-state index in [1.165, 1.54) is 26.2 Å². The lowest BCUT2D eigenvalue weighted by atomic mass is 10.1. The maximum Gasteiger partial charge on any atom is 0.356 e. The Labute approximate surface area is 208 Å². The molecule has 8 nitrogen and oxygen atoms in total. The summed E-state index contributed by atoms with van der Waals surface area (Å²) in [6.07, 6.45) is 2.25. The Bertz CT molecular complexity index is 1400. The fourth-order valence-electron chi connectivity index (χ4n) is 4.04. The molecule has 0 aliphatic rings. The topological polar surface area (TPSA) is 94.5 Å². The summed E-state index contributed by atoms with van der Waals surface area (Å²) in [4.78, 5) is 29.5. The number of aryl methyl sites for hydroxylation is 2. The number of nitrogens with one attached hydrogen (secondary N) is 2. The van der Waals surface area contributed by atoms with E-state index in [-0.39, 0.29) is 17.4 Å². The normalized spacial score (nSPS) is 10.8. The van der Waals surface area contributed by atoms with E-state index in [2.05, 4.69) is 15.6 Å². The van der Waals surface area contributed by atoms with Crippen LogP contribution in [0.1, 0.15) is 28.5 Å². The predicted octanol–water partition coefficient (Wildman–Crippen LogP) is 4.78. The molecule has 0 saturated carbocycles. The number of fused-ring (bicyclic) bond motifs is 1. The van der Waals surface area contributed by atoms with Gasteiger partial charge >= 0.3 is 5.97 Å². The van der Waals surface area contributed by atoms with Gasteiger partial charge in [-0.15, -0.1) is 0 Å². The molecular formula is C27H27FN4O4. The van der Waals surface area contributed by atoms with Gasteiger partial charge in [-0.05, 0) is 47.9 Å². The van der Waals surface area contributed by atoms with Crippen LogP contribution in [0.3, 0.4) is 0 Å². The first-order valence-electron chi connectivity index (χ1n) is 11.4. The number of halogens is 1. The van der Waals surface area contributed by atoms with Gasteiger partial charge in [0.1, 0.15) is 17.2 Å². The number of hydrogen-bond donors (Lipinski definition) is 2. The van der Waals surface area contributed by atoms with E-state index in [1.807, 2.05) is 36.4 Å². The van der Waals surface area contributed by atoms with E-state index in [1.54, 1.807) is 23.9 Å². The highest BCUT2D eigenvalue weighted by atomic mass is 19.1. The molecule has 0 fully saturated rings. The number of hydrogen-bond acceptors (Lipinski definition) is 6. The van der Waals surface area contributed by atoms with Gasteiger partial charge in [0.05, 0.1) is 31.8 Å². The number of carbonyl (C=O) groups is 2. The first kappa shape index (κ1) is 24.7. The minimum atomic E-state index is -0.583. The van der Waals surface area contributed by atoms with Crippen molar-refractivity contribution in [3.8, 4) is 5.75 Å². The largest absolute Gasteiger partial charge is 0.497 e. The van der Waals surface area contributed by atoms with E-state index in [0.717, 1.165) is 16.9 Å². The second-order valence-corrected chi connectivity index (χ2v) is 8.22. The molecule has 2 heterocycles. The molecule has 0 radical (unpaired) electrons. The molecule has 2 N–H and O–H groups in total.